The Bertz CT molecular complexity index is 503. The van der Waals surface area contributed by atoms with Crippen molar-refractivity contribution in [1.82, 2.24) is 4.98 Å². The fraction of sp³-hybridized carbons (Fsp3) is 0.308. The van der Waals surface area contributed by atoms with Crippen LogP contribution in [0.1, 0.15) is 31.0 Å². The van der Waals surface area contributed by atoms with E-state index >= 15 is 0 Å². The number of benzene rings is 1. The summed E-state index contributed by atoms with van der Waals surface area (Å²) in [4.78, 5) is 4.42. The van der Waals surface area contributed by atoms with E-state index < -0.39 is 0 Å². The number of fused-ring (bicyclic) bond motifs is 1. The van der Waals surface area contributed by atoms with Gasteiger partial charge in [-0.25, -0.2) is 4.39 Å². The Balaban J connectivity index is 2.84. The Morgan fingerprint density at radius 2 is 1.87 bits per heavy atom. The summed E-state index contributed by atoms with van der Waals surface area (Å²) in [5.41, 5.74) is 2.83. The van der Waals surface area contributed by atoms with Gasteiger partial charge in [0.15, 0.2) is 0 Å². The second-order valence-electron chi connectivity index (χ2n) is 4.14. The highest BCUT2D eigenvalue weighted by Crippen LogP contribution is 2.25. The van der Waals surface area contributed by atoms with Crippen LogP contribution in [0.25, 0.3) is 10.9 Å². The molecule has 2 heteroatoms. The molecule has 2 rings (SSSR count). The first-order valence-electron chi connectivity index (χ1n) is 5.15. The lowest BCUT2D eigenvalue weighted by Gasteiger charge is -2.10. The Kier molecular flexibility index (Phi) is 2.43. The van der Waals surface area contributed by atoms with Gasteiger partial charge in [0.1, 0.15) is 5.82 Å². The maximum Gasteiger partial charge on any atom is 0.132 e. The molecule has 0 bridgehead atoms. The molecule has 0 spiro atoms. The lowest BCUT2D eigenvalue weighted by Crippen LogP contribution is -1.95. The first-order valence-corrected chi connectivity index (χ1v) is 5.15. The lowest BCUT2D eigenvalue weighted by atomic mass is 9.99. The molecule has 1 nitrogen and oxygen atoms in total. The van der Waals surface area contributed by atoms with E-state index in [2.05, 4.69) is 18.8 Å². The van der Waals surface area contributed by atoms with Crippen molar-refractivity contribution in [3.63, 3.8) is 0 Å². The van der Waals surface area contributed by atoms with E-state index in [-0.39, 0.29) is 5.82 Å². The molecule has 0 amide bonds. The highest BCUT2D eigenvalue weighted by molar-refractivity contribution is 5.83. The third-order valence-corrected chi connectivity index (χ3v) is 2.60. The summed E-state index contributed by atoms with van der Waals surface area (Å²) < 4.78 is 13.5. The molecule has 0 saturated carbocycles. The van der Waals surface area contributed by atoms with Crippen LogP contribution in [-0.2, 0) is 0 Å². The van der Waals surface area contributed by atoms with Gasteiger partial charge in [-0.15, -0.1) is 0 Å². The highest BCUT2D eigenvalue weighted by Gasteiger charge is 2.09. The summed E-state index contributed by atoms with van der Waals surface area (Å²) >= 11 is 0. The van der Waals surface area contributed by atoms with Crippen molar-refractivity contribution in [2.75, 3.05) is 0 Å². The Hall–Kier alpha value is -1.44. The molecule has 0 fully saturated rings. The molecule has 0 aliphatic heterocycles. The number of halogens is 1. The van der Waals surface area contributed by atoms with Gasteiger partial charge in [-0.1, -0.05) is 19.9 Å². The predicted molar refractivity (Wildman–Crippen MR) is 60.5 cm³/mol. The van der Waals surface area contributed by atoms with E-state index in [1.165, 1.54) is 6.07 Å². The van der Waals surface area contributed by atoms with Crippen molar-refractivity contribution in [2.45, 2.75) is 26.7 Å². The van der Waals surface area contributed by atoms with Crippen molar-refractivity contribution >= 4 is 10.9 Å². The van der Waals surface area contributed by atoms with Crippen LogP contribution in [0, 0.1) is 12.7 Å². The number of aromatic nitrogens is 1. The molecule has 1 heterocycles. The largest absolute Gasteiger partial charge is 0.253 e. The molecular formula is C13H14FN. The van der Waals surface area contributed by atoms with Gasteiger partial charge in [-0.2, -0.15) is 0 Å². The minimum absolute atomic E-state index is 0.193. The third-order valence-electron chi connectivity index (χ3n) is 2.60. The molecule has 0 aliphatic rings. The van der Waals surface area contributed by atoms with E-state index in [4.69, 9.17) is 0 Å². The van der Waals surface area contributed by atoms with Crippen molar-refractivity contribution in [2.24, 2.45) is 0 Å². The average Bonchev–Trinajstić information content (AvgIpc) is 2.17. The van der Waals surface area contributed by atoms with Crippen LogP contribution in [-0.4, -0.2) is 4.98 Å². The van der Waals surface area contributed by atoms with E-state index in [0.717, 1.165) is 16.8 Å². The van der Waals surface area contributed by atoms with Crippen LogP contribution in [0.2, 0.25) is 0 Å². The zero-order chi connectivity index (χ0) is 11.0. The number of nitrogens with zero attached hydrogens (tertiary/aromatic N) is 1. The Morgan fingerprint density at radius 3 is 2.53 bits per heavy atom. The molecular weight excluding hydrogens is 189 g/mol. The van der Waals surface area contributed by atoms with Gasteiger partial charge in [0.2, 0.25) is 0 Å². The standard InChI is InChI=1S/C13H14FN/c1-8(2)10-6-7-12(14)11-5-4-9(3)15-13(10)11/h4-8H,1-3H3. The molecule has 0 unspecified atom stereocenters. The second kappa shape index (κ2) is 3.61. The van der Waals surface area contributed by atoms with E-state index in [0.29, 0.717) is 11.3 Å². The Labute approximate surface area is 89.0 Å². The van der Waals surface area contributed by atoms with Crippen LogP contribution in [0.5, 0.6) is 0 Å². The van der Waals surface area contributed by atoms with Gasteiger partial charge in [0, 0.05) is 11.1 Å². The van der Waals surface area contributed by atoms with Crippen LogP contribution >= 0.6 is 0 Å². The molecule has 1 aromatic carbocycles. The zero-order valence-electron chi connectivity index (χ0n) is 9.21. The van der Waals surface area contributed by atoms with Gasteiger partial charge in [-0.3, -0.25) is 4.98 Å². The van der Waals surface area contributed by atoms with Crippen LogP contribution in [0.15, 0.2) is 24.3 Å². The number of pyridine rings is 1. The minimum atomic E-state index is -0.193. The van der Waals surface area contributed by atoms with Gasteiger partial charge < -0.3 is 0 Å². The summed E-state index contributed by atoms with van der Waals surface area (Å²) in [6.45, 7) is 6.11. The summed E-state index contributed by atoms with van der Waals surface area (Å²) in [5, 5.41) is 0.617. The maximum absolute atomic E-state index is 13.5. The van der Waals surface area contributed by atoms with Crippen LogP contribution in [0.3, 0.4) is 0 Å². The normalized spacial score (nSPS) is 11.3. The van der Waals surface area contributed by atoms with Crippen molar-refractivity contribution in [1.29, 1.82) is 0 Å². The molecule has 15 heavy (non-hydrogen) atoms. The first kappa shape index (κ1) is 10.1. The molecule has 0 saturated heterocycles. The summed E-state index contributed by atoms with van der Waals surface area (Å²) in [6.07, 6.45) is 0. The fourth-order valence-electron chi connectivity index (χ4n) is 1.77. The second-order valence-corrected chi connectivity index (χ2v) is 4.14. The van der Waals surface area contributed by atoms with Gasteiger partial charge >= 0.3 is 0 Å². The van der Waals surface area contributed by atoms with Crippen LogP contribution < -0.4 is 0 Å². The Morgan fingerprint density at radius 1 is 1.13 bits per heavy atom. The first-order chi connectivity index (χ1) is 7.09. The summed E-state index contributed by atoms with van der Waals surface area (Å²) in [7, 11) is 0. The molecule has 0 radical (unpaired) electrons. The van der Waals surface area contributed by atoms with Gasteiger partial charge in [0.05, 0.1) is 5.52 Å². The average molecular weight is 203 g/mol. The highest BCUT2D eigenvalue weighted by atomic mass is 19.1. The monoisotopic (exact) mass is 203 g/mol. The topological polar surface area (TPSA) is 12.9 Å². The summed E-state index contributed by atoms with van der Waals surface area (Å²) in [5.74, 6) is 0.171. The van der Waals surface area contributed by atoms with E-state index in [1.807, 2.05) is 19.1 Å². The van der Waals surface area contributed by atoms with Gasteiger partial charge in [0.25, 0.3) is 0 Å². The number of rotatable bonds is 1. The zero-order valence-corrected chi connectivity index (χ0v) is 9.21. The van der Waals surface area contributed by atoms with Crippen molar-refractivity contribution in [3.8, 4) is 0 Å². The number of hydrogen-bond acceptors (Lipinski definition) is 1. The van der Waals surface area contributed by atoms with Crippen molar-refractivity contribution < 1.29 is 4.39 Å². The molecule has 1 aromatic heterocycles. The van der Waals surface area contributed by atoms with Crippen molar-refractivity contribution in [3.05, 3.63) is 41.3 Å². The minimum Gasteiger partial charge on any atom is -0.253 e. The number of hydrogen-bond donors (Lipinski definition) is 0. The van der Waals surface area contributed by atoms with E-state index in [9.17, 15) is 4.39 Å². The lowest BCUT2D eigenvalue weighted by molar-refractivity contribution is 0.638. The smallest absolute Gasteiger partial charge is 0.132 e. The fourth-order valence-corrected chi connectivity index (χ4v) is 1.77. The van der Waals surface area contributed by atoms with Crippen LogP contribution in [0.4, 0.5) is 4.39 Å². The molecule has 2 aromatic rings. The summed E-state index contributed by atoms with van der Waals surface area (Å²) in [6, 6.07) is 7.00. The molecule has 0 atom stereocenters. The SMILES string of the molecule is Cc1ccc2c(F)ccc(C(C)C)c2n1. The molecule has 0 N–H and O–H groups in total. The number of aryl methyl sites for hydroxylation is 1. The quantitative estimate of drug-likeness (QED) is 0.686. The maximum atomic E-state index is 13.5. The third kappa shape index (κ3) is 1.72. The molecule has 0 aliphatic carbocycles. The predicted octanol–water partition coefficient (Wildman–Crippen LogP) is 3.81. The molecule has 78 valence electrons. The van der Waals surface area contributed by atoms with E-state index in [1.54, 1.807) is 6.07 Å². The van der Waals surface area contributed by atoms with Gasteiger partial charge in [-0.05, 0) is 36.6 Å².